The number of ether oxygens (including phenoxy) is 3. The highest BCUT2D eigenvalue weighted by Crippen LogP contribution is 2.13. The third-order valence-electron chi connectivity index (χ3n) is 10.8. The third-order valence-corrected chi connectivity index (χ3v) is 10.8. The zero-order chi connectivity index (χ0) is 46.3. The van der Waals surface area contributed by atoms with Crippen LogP contribution < -0.4 is 0 Å². The molecule has 1 atom stereocenters. The van der Waals surface area contributed by atoms with E-state index in [-0.39, 0.29) is 25.2 Å². The van der Waals surface area contributed by atoms with Gasteiger partial charge in [-0.15, -0.1) is 0 Å². The Morgan fingerprint density at radius 1 is 0.359 bits per heavy atom. The van der Waals surface area contributed by atoms with Gasteiger partial charge in [0.05, 0.1) is 6.61 Å². The van der Waals surface area contributed by atoms with Crippen molar-refractivity contribution in [3.8, 4) is 0 Å². The maximum atomic E-state index is 12.8. The van der Waals surface area contributed by atoms with Gasteiger partial charge in [0.1, 0.15) is 6.61 Å². The first-order valence-electron chi connectivity index (χ1n) is 26.4. The normalized spacial score (nSPS) is 13.1. The standard InChI is InChI=1S/C59H98O5/c1-4-7-10-13-16-19-22-25-28-29-30-33-36-39-42-45-48-51-54-62-55-57(64-59(61)53-50-47-44-41-38-35-32-27-24-21-18-15-12-9-6-3)56-63-58(60)52-49-46-43-40-37-34-31-26-23-20-17-14-11-8-5-2/h7-8,10-11,16-17,19-20,25-28,30-33,37,40,57H,4-6,9,12-15,18,21-24,29,34-36,38-39,41-56H2,1-3H3/b10-7-,11-8-,19-16-,20-17-,28-25-,31-26-,32-27-,33-30-,40-37-. The van der Waals surface area contributed by atoms with Gasteiger partial charge in [0.25, 0.3) is 0 Å². The van der Waals surface area contributed by atoms with Crippen molar-refractivity contribution in [1.29, 1.82) is 0 Å². The Hall–Kier alpha value is -3.44. The fourth-order valence-electron chi connectivity index (χ4n) is 6.90. The van der Waals surface area contributed by atoms with Gasteiger partial charge in [-0.1, -0.05) is 201 Å². The van der Waals surface area contributed by atoms with Crippen molar-refractivity contribution in [2.75, 3.05) is 19.8 Å². The Kier molecular flexibility index (Phi) is 51.0. The van der Waals surface area contributed by atoms with Gasteiger partial charge < -0.3 is 14.2 Å². The number of carbonyl (C=O) groups is 2. The molecule has 0 rings (SSSR count). The van der Waals surface area contributed by atoms with E-state index < -0.39 is 6.10 Å². The van der Waals surface area contributed by atoms with Gasteiger partial charge in [-0.3, -0.25) is 9.59 Å². The number of unbranched alkanes of at least 4 members (excludes halogenated alkanes) is 18. The van der Waals surface area contributed by atoms with Crippen molar-refractivity contribution in [3.63, 3.8) is 0 Å². The van der Waals surface area contributed by atoms with Crippen LogP contribution in [0.4, 0.5) is 0 Å². The second-order valence-electron chi connectivity index (χ2n) is 17.0. The molecule has 0 radical (unpaired) electrons. The first-order valence-corrected chi connectivity index (χ1v) is 26.4. The minimum atomic E-state index is -0.574. The summed E-state index contributed by atoms with van der Waals surface area (Å²) in [6.45, 7) is 7.50. The van der Waals surface area contributed by atoms with E-state index in [1.165, 1.54) is 77.0 Å². The molecule has 0 aromatic heterocycles. The summed E-state index contributed by atoms with van der Waals surface area (Å²) in [5, 5.41) is 0. The molecule has 0 aromatic rings. The highest BCUT2D eigenvalue weighted by Gasteiger charge is 2.17. The molecule has 0 saturated carbocycles. The van der Waals surface area contributed by atoms with Crippen LogP contribution in [0.3, 0.4) is 0 Å². The van der Waals surface area contributed by atoms with Crippen LogP contribution in [0, 0.1) is 0 Å². The average molecular weight is 887 g/mol. The number of hydrogen-bond acceptors (Lipinski definition) is 5. The van der Waals surface area contributed by atoms with E-state index >= 15 is 0 Å². The van der Waals surface area contributed by atoms with Gasteiger partial charge in [0.15, 0.2) is 6.10 Å². The molecule has 0 spiro atoms. The minimum absolute atomic E-state index is 0.0467. The van der Waals surface area contributed by atoms with Crippen molar-refractivity contribution < 1.29 is 23.8 Å². The van der Waals surface area contributed by atoms with Crippen molar-refractivity contribution in [3.05, 3.63) is 109 Å². The largest absolute Gasteiger partial charge is 0.462 e. The quantitative estimate of drug-likeness (QED) is 0.0346. The zero-order valence-electron chi connectivity index (χ0n) is 41.8. The Labute approximate surface area is 395 Å². The smallest absolute Gasteiger partial charge is 0.306 e. The Bertz CT molecular complexity index is 1280. The van der Waals surface area contributed by atoms with Gasteiger partial charge in [-0.2, -0.15) is 0 Å². The molecule has 0 fully saturated rings. The molecule has 0 aliphatic rings. The molecular weight excluding hydrogens is 789 g/mol. The lowest BCUT2D eigenvalue weighted by Crippen LogP contribution is -2.30. The molecule has 0 N–H and O–H groups in total. The monoisotopic (exact) mass is 887 g/mol. The van der Waals surface area contributed by atoms with Crippen LogP contribution >= 0.6 is 0 Å². The molecule has 64 heavy (non-hydrogen) atoms. The molecular formula is C59H98O5. The van der Waals surface area contributed by atoms with Crippen molar-refractivity contribution >= 4 is 11.9 Å². The predicted octanol–water partition coefficient (Wildman–Crippen LogP) is 18.0. The topological polar surface area (TPSA) is 61.8 Å². The Balaban J connectivity index is 4.41. The summed E-state index contributed by atoms with van der Waals surface area (Å²) in [5.41, 5.74) is 0. The highest BCUT2D eigenvalue weighted by molar-refractivity contribution is 5.70. The summed E-state index contributed by atoms with van der Waals surface area (Å²) < 4.78 is 17.4. The van der Waals surface area contributed by atoms with Gasteiger partial charge >= 0.3 is 11.9 Å². The maximum absolute atomic E-state index is 12.8. The Morgan fingerprint density at radius 2 is 0.703 bits per heavy atom. The highest BCUT2D eigenvalue weighted by atomic mass is 16.6. The summed E-state index contributed by atoms with van der Waals surface area (Å²) in [6.07, 6.45) is 73.9. The summed E-state index contributed by atoms with van der Waals surface area (Å²) in [7, 11) is 0. The van der Waals surface area contributed by atoms with Crippen molar-refractivity contribution in [2.24, 2.45) is 0 Å². The summed E-state index contributed by atoms with van der Waals surface area (Å²) in [4.78, 5) is 25.4. The number of allylic oxidation sites excluding steroid dienone is 18. The second-order valence-corrected chi connectivity index (χ2v) is 17.0. The molecule has 364 valence electrons. The first kappa shape index (κ1) is 60.6. The maximum Gasteiger partial charge on any atom is 0.306 e. The van der Waals surface area contributed by atoms with Gasteiger partial charge in [0, 0.05) is 19.4 Å². The van der Waals surface area contributed by atoms with Crippen LogP contribution in [0.5, 0.6) is 0 Å². The lowest BCUT2D eigenvalue weighted by Gasteiger charge is -2.18. The van der Waals surface area contributed by atoms with Crippen LogP contribution in [0.25, 0.3) is 0 Å². The Morgan fingerprint density at radius 3 is 1.17 bits per heavy atom. The lowest BCUT2D eigenvalue weighted by atomic mass is 10.1. The number of esters is 2. The molecule has 0 heterocycles. The van der Waals surface area contributed by atoms with E-state index in [1.54, 1.807) is 0 Å². The van der Waals surface area contributed by atoms with E-state index in [9.17, 15) is 9.59 Å². The molecule has 0 amide bonds. The van der Waals surface area contributed by atoms with Crippen LogP contribution in [0.15, 0.2) is 109 Å². The second kappa shape index (κ2) is 53.9. The third kappa shape index (κ3) is 51.2. The SMILES string of the molecule is CC/C=C\C/C=C\C/C=C\C/C=C\CCCCCCCOCC(COC(=O)CCCC/C=C\C/C=C\C/C=C\C/C=C\CC)OC(=O)CCCCCCC/C=C\CCCCCCCC. The fraction of sp³-hybridized carbons (Fsp3) is 0.661. The van der Waals surface area contributed by atoms with Crippen LogP contribution in [0.1, 0.15) is 226 Å². The molecule has 1 unspecified atom stereocenters. The van der Waals surface area contributed by atoms with E-state index in [0.717, 1.165) is 116 Å². The summed E-state index contributed by atoms with van der Waals surface area (Å²) in [5.74, 6) is -0.470. The number of carbonyl (C=O) groups excluding carboxylic acids is 2. The van der Waals surface area contributed by atoms with E-state index in [2.05, 4.69) is 130 Å². The summed E-state index contributed by atoms with van der Waals surface area (Å²) >= 11 is 0. The average Bonchev–Trinajstić information content (AvgIpc) is 3.30. The number of rotatable bonds is 47. The molecule has 5 nitrogen and oxygen atoms in total. The lowest BCUT2D eigenvalue weighted by molar-refractivity contribution is -0.163. The van der Waals surface area contributed by atoms with Crippen LogP contribution in [0.2, 0.25) is 0 Å². The first-order chi connectivity index (χ1) is 31.6. The zero-order valence-corrected chi connectivity index (χ0v) is 41.8. The number of hydrogen-bond donors (Lipinski definition) is 0. The molecule has 0 aromatic carbocycles. The van der Waals surface area contributed by atoms with Crippen LogP contribution in [-0.2, 0) is 23.8 Å². The molecule has 0 saturated heterocycles. The van der Waals surface area contributed by atoms with Gasteiger partial charge in [-0.05, 0) is 122 Å². The molecule has 0 aliphatic heterocycles. The molecule has 5 heteroatoms. The van der Waals surface area contributed by atoms with E-state index in [1.807, 2.05) is 0 Å². The van der Waals surface area contributed by atoms with E-state index in [4.69, 9.17) is 14.2 Å². The minimum Gasteiger partial charge on any atom is -0.462 e. The summed E-state index contributed by atoms with van der Waals surface area (Å²) in [6, 6.07) is 0. The van der Waals surface area contributed by atoms with Gasteiger partial charge in [-0.25, -0.2) is 0 Å². The van der Waals surface area contributed by atoms with Crippen molar-refractivity contribution in [1.82, 2.24) is 0 Å². The molecule has 0 aliphatic carbocycles. The van der Waals surface area contributed by atoms with Crippen molar-refractivity contribution in [2.45, 2.75) is 232 Å². The fourth-order valence-corrected chi connectivity index (χ4v) is 6.90. The van der Waals surface area contributed by atoms with Crippen LogP contribution in [-0.4, -0.2) is 37.9 Å². The predicted molar refractivity (Wildman–Crippen MR) is 279 cm³/mol. The van der Waals surface area contributed by atoms with E-state index in [0.29, 0.717) is 19.4 Å². The van der Waals surface area contributed by atoms with Gasteiger partial charge in [0.2, 0.25) is 0 Å². The molecule has 0 bridgehead atoms.